The lowest BCUT2D eigenvalue weighted by molar-refractivity contribution is -0.137. The first-order chi connectivity index (χ1) is 8.74. The van der Waals surface area contributed by atoms with Gasteiger partial charge in [0, 0.05) is 6.54 Å². The summed E-state index contributed by atoms with van der Waals surface area (Å²) < 4.78 is 10.3. The van der Waals surface area contributed by atoms with Crippen molar-refractivity contribution in [3.63, 3.8) is 0 Å². The molecule has 0 aromatic carbocycles. The highest BCUT2D eigenvalue weighted by Crippen LogP contribution is 2.17. The van der Waals surface area contributed by atoms with Gasteiger partial charge in [-0.2, -0.15) is 0 Å². The van der Waals surface area contributed by atoms with Crippen LogP contribution < -0.4 is 0 Å². The van der Waals surface area contributed by atoms with Crippen molar-refractivity contribution in [2.75, 3.05) is 20.2 Å². The number of nitrogens with zero attached hydrogens (tertiary/aromatic N) is 2. The Morgan fingerprint density at radius 2 is 2.11 bits per heavy atom. The van der Waals surface area contributed by atoms with Crippen molar-refractivity contribution in [1.29, 1.82) is 0 Å². The second kappa shape index (κ2) is 5.90. The molecule has 0 fully saturated rings. The van der Waals surface area contributed by atoms with Gasteiger partial charge in [-0.25, -0.2) is 4.79 Å². The van der Waals surface area contributed by atoms with Crippen LogP contribution in [0.1, 0.15) is 27.2 Å². The van der Waals surface area contributed by atoms with Crippen molar-refractivity contribution in [3.8, 4) is 0 Å². The molecule has 1 aliphatic rings. The Morgan fingerprint density at radius 3 is 2.58 bits per heavy atom. The van der Waals surface area contributed by atoms with Crippen LogP contribution in [0.4, 0.5) is 4.79 Å². The summed E-state index contributed by atoms with van der Waals surface area (Å²) in [7, 11) is 1.41. The Labute approximate surface area is 112 Å². The Balaban J connectivity index is 2.88. The van der Waals surface area contributed by atoms with Gasteiger partial charge < -0.3 is 14.6 Å². The zero-order valence-corrected chi connectivity index (χ0v) is 11.7. The lowest BCUT2D eigenvalue weighted by atomic mass is 10.1. The Hall–Kier alpha value is -1.79. The van der Waals surface area contributed by atoms with E-state index in [1.807, 2.05) is 0 Å². The van der Waals surface area contributed by atoms with Crippen LogP contribution in [0.5, 0.6) is 0 Å². The third-order valence-electron chi connectivity index (χ3n) is 2.47. The molecule has 1 atom stereocenters. The van der Waals surface area contributed by atoms with Crippen molar-refractivity contribution >= 4 is 18.0 Å². The van der Waals surface area contributed by atoms with E-state index in [1.165, 1.54) is 12.0 Å². The van der Waals surface area contributed by atoms with E-state index in [0.29, 0.717) is 13.1 Å². The molecule has 1 unspecified atom stereocenters. The van der Waals surface area contributed by atoms with Gasteiger partial charge in [-0.15, -0.1) is 0 Å². The van der Waals surface area contributed by atoms with Gasteiger partial charge in [0.25, 0.3) is 0 Å². The average Bonchev–Trinajstić information content (AvgIpc) is 2.26. The van der Waals surface area contributed by atoms with E-state index < -0.39 is 23.7 Å². The molecule has 108 valence electrons. The second-order valence-corrected chi connectivity index (χ2v) is 5.21. The highest BCUT2D eigenvalue weighted by Gasteiger charge is 2.35. The fourth-order valence-corrected chi connectivity index (χ4v) is 1.77. The summed E-state index contributed by atoms with van der Waals surface area (Å²) in [6.45, 7) is 5.96. The largest absolute Gasteiger partial charge is 0.483 e. The number of rotatable bonds is 2. The summed E-state index contributed by atoms with van der Waals surface area (Å²) in [5.41, 5.74) is -0.632. The Bertz CT molecular complexity index is 386. The van der Waals surface area contributed by atoms with Crippen LogP contribution in [0.2, 0.25) is 0 Å². The van der Waals surface area contributed by atoms with E-state index in [9.17, 15) is 9.59 Å². The van der Waals surface area contributed by atoms with E-state index in [1.54, 1.807) is 20.8 Å². The van der Waals surface area contributed by atoms with Crippen LogP contribution in [0, 0.1) is 0 Å². The van der Waals surface area contributed by atoms with Gasteiger partial charge in [0.2, 0.25) is 5.90 Å². The van der Waals surface area contributed by atoms with E-state index in [2.05, 4.69) is 4.99 Å². The lowest BCUT2D eigenvalue weighted by Gasteiger charge is -2.34. The zero-order chi connectivity index (χ0) is 14.6. The number of hydrogen-bond donors (Lipinski definition) is 1. The molecule has 1 rings (SSSR count). The van der Waals surface area contributed by atoms with Gasteiger partial charge in [-0.1, -0.05) is 0 Å². The number of ether oxygens (including phenoxy) is 2. The Kier molecular flexibility index (Phi) is 4.74. The van der Waals surface area contributed by atoms with Crippen LogP contribution >= 0.6 is 0 Å². The molecule has 7 nitrogen and oxygen atoms in total. The molecule has 7 heteroatoms. The van der Waals surface area contributed by atoms with Gasteiger partial charge in [-0.05, 0) is 20.8 Å². The monoisotopic (exact) mass is 272 g/mol. The average molecular weight is 272 g/mol. The maximum Gasteiger partial charge on any atom is 0.411 e. The predicted molar refractivity (Wildman–Crippen MR) is 68.3 cm³/mol. The molecule has 0 spiro atoms. The minimum absolute atomic E-state index is 0.250. The number of amides is 1. The summed E-state index contributed by atoms with van der Waals surface area (Å²) in [5, 5.41) is 8.92. The van der Waals surface area contributed by atoms with Gasteiger partial charge in [0.05, 0.1) is 20.1 Å². The number of carbonyl (C=O) groups excluding carboxylic acids is 1. The molecule has 0 aliphatic carbocycles. The maximum atomic E-state index is 12.1. The predicted octanol–water partition coefficient (Wildman–Crippen LogP) is 1.13. The topological polar surface area (TPSA) is 88.4 Å². The van der Waals surface area contributed by atoms with Crippen LogP contribution in [0.3, 0.4) is 0 Å². The molecule has 19 heavy (non-hydrogen) atoms. The molecule has 0 radical (unpaired) electrons. The molecular formula is C12H20N2O5. The van der Waals surface area contributed by atoms with Gasteiger partial charge in [0.15, 0.2) is 0 Å². The molecule has 0 bridgehead atoms. The molecule has 0 aromatic heterocycles. The molecule has 0 saturated heterocycles. The summed E-state index contributed by atoms with van der Waals surface area (Å²) in [4.78, 5) is 28.4. The summed E-state index contributed by atoms with van der Waals surface area (Å²) in [6, 6.07) is -0.717. The molecule has 1 amide bonds. The summed E-state index contributed by atoms with van der Waals surface area (Å²) in [5.74, 6) is -0.773. The number of aliphatic carboxylic acids is 1. The number of methoxy groups -OCH3 is 1. The van der Waals surface area contributed by atoms with Crippen LogP contribution in [-0.2, 0) is 14.3 Å². The van der Waals surface area contributed by atoms with Crippen molar-refractivity contribution in [3.05, 3.63) is 0 Å². The number of hydrogen-bond acceptors (Lipinski definition) is 5. The van der Waals surface area contributed by atoms with E-state index in [-0.39, 0.29) is 12.3 Å². The standard InChI is InChI=1S/C12H20N2O5/c1-12(2,3)19-11(17)14-6-5-13-10(18-4)8(14)7-9(15)16/h8H,5-7H2,1-4H3,(H,15,16). The fourth-order valence-electron chi connectivity index (χ4n) is 1.77. The highest BCUT2D eigenvalue weighted by molar-refractivity contribution is 5.90. The minimum Gasteiger partial charge on any atom is -0.483 e. The lowest BCUT2D eigenvalue weighted by Crippen LogP contribution is -2.52. The summed E-state index contributed by atoms with van der Waals surface area (Å²) in [6.07, 6.45) is -0.811. The molecule has 1 aliphatic heterocycles. The van der Waals surface area contributed by atoms with Crippen molar-refractivity contribution in [2.45, 2.75) is 38.8 Å². The van der Waals surface area contributed by atoms with E-state index >= 15 is 0 Å². The molecule has 1 N–H and O–H groups in total. The molecular weight excluding hydrogens is 252 g/mol. The molecule has 0 saturated carbocycles. The minimum atomic E-state index is -1.02. The smallest absolute Gasteiger partial charge is 0.411 e. The Morgan fingerprint density at radius 1 is 1.47 bits per heavy atom. The third kappa shape index (κ3) is 4.42. The first kappa shape index (κ1) is 15.3. The number of carbonyl (C=O) groups is 2. The van der Waals surface area contributed by atoms with Crippen molar-refractivity contribution in [1.82, 2.24) is 4.90 Å². The van der Waals surface area contributed by atoms with Crippen LogP contribution in [0.15, 0.2) is 4.99 Å². The first-order valence-corrected chi connectivity index (χ1v) is 6.04. The maximum absolute atomic E-state index is 12.1. The quantitative estimate of drug-likeness (QED) is 0.814. The van der Waals surface area contributed by atoms with Crippen LogP contribution in [0.25, 0.3) is 0 Å². The third-order valence-corrected chi connectivity index (χ3v) is 2.47. The second-order valence-electron chi connectivity index (χ2n) is 5.21. The summed E-state index contributed by atoms with van der Waals surface area (Å²) >= 11 is 0. The molecule has 1 heterocycles. The van der Waals surface area contributed by atoms with Gasteiger partial charge in [0.1, 0.15) is 11.6 Å². The van der Waals surface area contributed by atoms with Crippen molar-refractivity contribution in [2.24, 2.45) is 4.99 Å². The SMILES string of the molecule is COC1=NCCN(C(=O)OC(C)(C)C)C1CC(=O)O. The van der Waals surface area contributed by atoms with E-state index in [4.69, 9.17) is 14.6 Å². The number of carboxylic acids is 1. The van der Waals surface area contributed by atoms with Gasteiger partial charge in [-0.3, -0.25) is 14.7 Å². The number of aliphatic imine (C=N–C) groups is 1. The highest BCUT2D eigenvalue weighted by atomic mass is 16.6. The first-order valence-electron chi connectivity index (χ1n) is 6.04. The molecule has 0 aromatic rings. The fraction of sp³-hybridized carbons (Fsp3) is 0.750. The number of carboxylic acid groups (broad SMARTS) is 1. The zero-order valence-electron chi connectivity index (χ0n) is 11.7. The normalized spacial score (nSPS) is 19.7. The van der Waals surface area contributed by atoms with Crippen LogP contribution in [-0.4, -0.2) is 59.8 Å². The van der Waals surface area contributed by atoms with Crippen molar-refractivity contribution < 1.29 is 24.2 Å². The van der Waals surface area contributed by atoms with Gasteiger partial charge >= 0.3 is 12.1 Å². The van der Waals surface area contributed by atoms with E-state index in [0.717, 1.165) is 0 Å².